The number of hydrogen-bond acceptors (Lipinski definition) is 7. The third-order valence-electron chi connectivity index (χ3n) is 9.94. The van der Waals surface area contributed by atoms with E-state index in [9.17, 15) is 19.7 Å². The lowest BCUT2D eigenvalue weighted by atomic mass is 9.59. The van der Waals surface area contributed by atoms with Gasteiger partial charge in [0.25, 0.3) is 0 Å². The number of ether oxygens (including phenoxy) is 1. The summed E-state index contributed by atoms with van der Waals surface area (Å²) in [6.45, 7) is 4.40. The number of likely N-dealkylation sites (tertiary alicyclic amines) is 1. The third-order valence-corrected chi connectivity index (χ3v) is 9.94. The van der Waals surface area contributed by atoms with Gasteiger partial charge in [0.15, 0.2) is 5.82 Å². The predicted octanol–water partition coefficient (Wildman–Crippen LogP) is 5.03. The highest BCUT2D eigenvalue weighted by Crippen LogP contribution is 2.50. The van der Waals surface area contributed by atoms with Gasteiger partial charge in [0, 0.05) is 49.6 Å². The summed E-state index contributed by atoms with van der Waals surface area (Å²) in [4.78, 5) is 18.5. The van der Waals surface area contributed by atoms with Crippen molar-refractivity contribution in [2.24, 2.45) is 17.8 Å². The number of anilines is 1. The number of piperidine rings is 1. The van der Waals surface area contributed by atoms with Gasteiger partial charge in [0.1, 0.15) is 5.82 Å². The fraction of sp³-hybridized carbons (Fsp3) is 0.559. The molecule has 2 saturated heterocycles. The minimum atomic E-state index is -0.930. The predicted molar refractivity (Wildman–Crippen MR) is 164 cm³/mol. The van der Waals surface area contributed by atoms with Gasteiger partial charge in [-0.15, -0.1) is 0 Å². The summed E-state index contributed by atoms with van der Waals surface area (Å²) in [7, 11) is 5.06. The molecule has 2 aromatic rings. The van der Waals surface area contributed by atoms with Gasteiger partial charge in [0.2, 0.25) is 0 Å². The van der Waals surface area contributed by atoms with Crippen LogP contribution in [-0.2, 0) is 16.7 Å². The van der Waals surface area contributed by atoms with E-state index >= 15 is 4.39 Å². The van der Waals surface area contributed by atoms with E-state index in [1.54, 1.807) is 18.2 Å². The van der Waals surface area contributed by atoms with Crippen LogP contribution in [0.5, 0.6) is 0 Å². The highest BCUT2D eigenvalue weighted by molar-refractivity contribution is 5.67. The van der Waals surface area contributed by atoms with Crippen molar-refractivity contribution < 1.29 is 18.3 Å². The zero-order chi connectivity index (χ0) is 31.4. The number of alkyl carbamates (subject to hydrolysis) is 1. The van der Waals surface area contributed by atoms with E-state index in [1.807, 2.05) is 30.0 Å². The van der Waals surface area contributed by atoms with Crippen LogP contribution in [0.4, 0.5) is 19.3 Å². The number of nitrogens with one attached hydrogen (secondary N) is 1. The number of nitriles is 2. The van der Waals surface area contributed by atoms with Crippen molar-refractivity contribution in [3.63, 3.8) is 0 Å². The average molecular weight is 605 g/mol. The number of hydrogen-bond donors (Lipinski definition) is 1. The van der Waals surface area contributed by atoms with E-state index in [-0.39, 0.29) is 29.5 Å². The van der Waals surface area contributed by atoms with Crippen LogP contribution in [0.1, 0.15) is 48.8 Å². The summed E-state index contributed by atoms with van der Waals surface area (Å²) in [5, 5.41) is 23.3. The Morgan fingerprint density at radius 1 is 1.11 bits per heavy atom. The zero-order valence-electron chi connectivity index (χ0n) is 25.9. The first-order chi connectivity index (χ1) is 21.2. The summed E-state index contributed by atoms with van der Waals surface area (Å²) in [5.74, 6) is -0.418. The van der Waals surface area contributed by atoms with Gasteiger partial charge in [-0.25, -0.2) is 13.6 Å². The first-order valence-corrected chi connectivity index (χ1v) is 15.5. The summed E-state index contributed by atoms with van der Waals surface area (Å²) in [5.41, 5.74) is 1.12. The fourth-order valence-corrected chi connectivity index (χ4v) is 7.87. The summed E-state index contributed by atoms with van der Waals surface area (Å²) in [6, 6.07) is 14.4. The van der Waals surface area contributed by atoms with Crippen molar-refractivity contribution >= 4 is 11.8 Å². The van der Waals surface area contributed by atoms with Crippen LogP contribution in [0.2, 0.25) is 0 Å². The monoisotopic (exact) mass is 604 g/mol. The van der Waals surface area contributed by atoms with Crippen molar-refractivity contribution in [2.45, 2.75) is 50.1 Å². The van der Waals surface area contributed by atoms with Crippen molar-refractivity contribution in [3.8, 4) is 12.1 Å². The van der Waals surface area contributed by atoms with Crippen LogP contribution >= 0.6 is 0 Å². The standard InChI is InChI=1S/C34H42F2N6O2/c1-40(2)21-28-24(17-37)10-11-31(32(28)36)42-19-23(20-42)18-41-14-12-25(13-15-41)34(22-38,26-6-4-7-27(35)16-26)29-8-5-9-30(29)39-33(43)44-3/h4,6-7,10-11,16,23,25,29-30H,5,8-9,12-15,18-21H2,1-3H3,(H,39,43)/t29-,30-,34-/m0/s1. The van der Waals surface area contributed by atoms with Gasteiger partial charge in [-0.3, -0.25) is 0 Å². The smallest absolute Gasteiger partial charge is 0.407 e. The Morgan fingerprint density at radius 2 is 1.86 bits per heavy atom. The van der Waals surface area contributed by atoms with Crippen molar-refractivity contribution in [1.29, 1.82) is 10.5 Å². The second-order valence-electron chi connectivity index (χ2n) is 12.9. The number of rotatable bonds is 9. The molecule has 1 saturated carbocycles. The molecule has 3 atom stereocenters. The lowest BCUT2D eigenvalue weighted by molar-refractivity contribution is 0.0937. The second kappa shape index (κ2) is 13.5. The Kier molecular flexibility index (Phi) is 9.72. The molecule has 0 radical (unpaired) electrons. The van der Waals surface area contributed by atoms with Gasteiger partial charge in [0.05, 0.1) is 35.9 Å². The average Bonchev–Trinajstić information content (AvgIpc) is 3.45. The molecule has 10 heteroatoms. The van der Waals surface area contributed by atoms with Gasteiger partial charge in [-0.1, -0.05) is 18.6 Å². The number of methoxy groups -OCH3 is 1. The van der Waals surface area contributed by atoms with Crippen molar-refractivity contribution in [2.75, 3.05) is 58.8 Å². The van der Waals surface area contributed by atoms with Crippen molar-refractivity contribution in [1.82, 2.24) is 15.1 Å². The minimum absolute atomic E-state index is 0.0105. The molecule has 0 aromatic heterocycles. The molecule has 0 bridgehead atoms. The molecular weight excluding hydrogens is 562 g/mol. The van der Waals surface area contributed by atoms with Gasteiger partial charge in [-0.05, 0) is 88.6 Å². The minimum Gasteiger partial charge on any atom is -0.453 e. The molecule has 0 unspecified atom stereocenters. The molecule has 2 aromatic carbocycles. The molecule has 1 N–H and O–H groups in total. The second-order valence-corrected chi connectivity index (χ2v) is 12.9. The Labute approximate surface area is 259 Å². The Hall–Kier alpha value is -3.73. The van der Waals surface area contributed by atoms with Crippen LogP contribution in [0.15, 0.2) is 36.4 Å². The molecule has 1 amide bonds. The van der Waals surface area contributed by atoms with E-state index in [4.69, 9.17) is 4.74 Å². The van der Waals surface area contributed by atoms with Crippen LogP contribution in [0.3, 0.4) is 0 Å². The quantitative estimate of drug-likeness (QED) is 0.429. The number of halogens is 2. The van der Waals surface area contributed by atoms with E-state index < -0.39 is 11.5 Å². The van der Waals surface area contributed by atoms with E-state index in [2.05, 4.69) is 22.4 Å². The first kappa shape index (κ1) is 31.7. The fourth-order valence-electron chi connectivity index (χ4n) is 7.87. The Bertz CT molecular complexity index is 1420. The maximum absolute atomic E-state index is 15.4. The highest BCUT2D eigenvalue weighted by atomic mass is 19.1. The molecule has 5 rings (SSSR count). The molecule has 2 heterocycles. The van der Waals surface area contributed by atoms with Crippen LogP contribution in [0.25, 0.3) is 0 Å². The van der Waals surface area contributed by atoms with Gasteiger partial charge >= 0.3 is 6.09 Å². The maximum atomic E-state index is 15.4. The molecule has 2 aliphatic heterocycles. The number of carbonyl (C=O) groups excluding carboxylic acids is 1. The van der Waals surface area contributed by atoms with Gasteiger partial charge < -0.3 is 24.8 Å². The SMILES string of the molecule is COC(=O)N[C@H]1CCC[C@@H]1[C@](C#N)(c1cccc(F)c1)C1CCN(CC2CN(c3ccc(C#N)c(CN(C)C)c3F)C2)CC1. The summed E-state index contributed by atoms with van der Waals surface area (Å²) >= 11 is 0. The maximum Gasteiger partial charge on any atom is 0.407 e. The number of carbonyl (C=O) groups is 1. The van der Waals surface area contributed by atoms with Gasteiger partial charge in [-0.2, -0.15) is 10.5 Å². The normalized spacial score (nSPS) is 22.6. The Morgan fingerprint density at radius 3 is 2.50 bits per heavy atom. The number of benzene rings is 2. The molecular formula is C34H42F2N6O2. The summed E-state index contributed by atoms with van der Waals surface area (Å²) < 4.78 is 34.9. The molecule has 3 fully saturated rings. The molecule has 0 spiro atoms. The van der Waals surface area contributed by atoms with E-state index in [0.29, 0.717) is 34.8 Å². The van der Waals surface area contributed by atoms with Crippen LogP contribution < -0.4 is 10.2 Å². The number of amides is 1. The number of nitrogens with zero attached hydrogens (tertiary/aromatic N) is 5. The topological polar surface area (TPSA) is 95.6 Å². The highest BCUT2D eigenvalue weighted by Gasteiger charge is 2.52. The largest absolute Gasteiger partial charge is 0.453 e. The molecule has 3 aliphatic rings. The first-order valence-electron chi connectivity index (χ1n) is 15.5. The van der Waals surface area contributed by atoms with Crippen LogP contribution in [0, 0.1) is 52.1 Å². The molecule has 44 heavy (non-hydrogen) atoms. The van der Waals surface area contributed by atoms with Crippen LogP contribution in [-0.4, -0.2) is 75.9 Å². The van der Waals surface area contributed by atoms with E-state index in [1.165, 1.54) is 19.2 Å². The Balaban J connectivity index is 1.26. The van der Waals surface area contributed by atoms with E-state index in [0.717, 1.165) is 64.8 Å². The summed E-state index contributed by atoms with van der Waals surface area (Å²) in [6.07, 6.45) is 3.49. The van der Waals surface area contributed by atoms with Crippen molar-refractivity contribution in [3.05, 3.63) is 64.7 Å². The lowest BCUT2D eigenvalue weighted by Gasteiger charge is -2.48. The lowest BCUT2D eigenvalue weighted by Crippen LogP contribution is -2.55. The molecule has 8 nitrogen and oxygen atoms in total. The zero-order valence-corrected chi connectivity index (χ0v) is 25.9. The molecule has 234 valence electrons. The molecule has 1 aliphatic carbocycles. The third kappa shape index (κ3) is 6.24.